The molecule has 0 saturated heterocycles. The number of carboxylic acids is 1. The number of thiazole rings is 1. The fourth-order valence-corrected chi connectivity index (χ4v) is 2.12. The van der Waals surface area contributed by atoms with Gasteiger partial charge >= 0.3 is 5.97 Å². The van der Waals surface area contributed by atoms with E-state index in [-0.39, 0.29) is 10.9 Å². The third-order valence-corrected chi connectivity index (χ3v) is 3.11. The van der Waals surface area contributed by atoms with Gasteiger partial charge in [-0.1, -0.05) is 11.3 Å². The Labute approximate surface area is 101 Å². The van der Waals surface area contributed by atoms with Crippen molar-refractivity contribution in [1.82, 2.24) is 19.7 Å². The smallest absolute Gasteiger partial charge is 0.347 e. The summed E-state index contributed by atoms with van der Waals surface area (Å²) in [6.45, 7) is 1.91. The molecule has 0 aromatic carbocycles. The lowest BCUT2D eigenvalue weighted by atomic mass is 10.3. The summed E-state index contributed by atoms with van der Waals surface area (Å²) in [4.78, 5) is 14.9. The van der Waals surface area contributed by atoms with Crippen LogP contribution in [0.4, 0.5) is 5.13 Å². The summed E-state index contributed by atoms with van der Waals surface area (Å²) in [5, 5.41) is 20.2. The van der Waals surface area contributed by atoms with E-state index >= 15 is 0 Å². The van der Waals surface area contributed by atoms with E-state index in [2.05, 4.69) is 20.5 Å². The molecule has 1 unspecified atom stereocenters. The number of aromatic carboxylic acids is 1. The molecule has 0 aliphatic rings. The molecule has 0 fully saturated rings. The van der Waals surface area contributed by atoms with Gasteiger partial charge in [-0.3, -0.25) is 0 Å². The van der Waals surface area contributed by atoms with E-state index in [4.69, 9.17) is 5.11 Å². The van der Waals surface area contributed by atoms with Gasteiger partial charge in [-0.05, 0) is 6.92 Å². The lowest BCUT2D eigenvalue weighted by Crippen LogP contribution is -2.11. The Balaban J connectivity index is 2.10. The lowest BCUT2D eigenvalue weighted by molar-refractivity contribution is 0.0702. The predicted octanol–water partition coefficient (Wildman–Crippen LogP) is 1.14. The Morgan fingerprint density at radius 2 is 2.41 bits per heavy atom. The van der Waals surface area contributed by atoms with Gasteiger partial charge < -0.3 is 15.0 Å². The number of aromatic nitrogens is 4. The number of carbonyl (C=O) groups is 1. The van der Waals surface area contributed by atoms with Gasteiger partial charge in [0.2, 0.25) is 0 Å². The molecule has 0 saturated carbocycles. The highest BCUT2D eigenvalue weighted by Crippen LogP contribution is 2.22. The number of anilines is 1. The second-order valence-electron chi connectivity index (χ2n) is 3.50. The molecule has 2 N–H and O–H groups in total. The summed E-state index contributed by atoms with van der Waals surface area (Å²) >= 11 is 1.09. The largest absolute Gasteiger partial charge is 0.477 e. The summed E-state index contributed by atoms with van der Waals surface area (Å²) in [7, 11) is 1.85. The van der Waals surface area contributed by atoms with Crippen molar-refractivity contribution >= 4 is 22.4 Å². The first-order valence-electron chi connectivity index (χ1n) is 4.87. The van der Waals surface area contributed by atoms with Crippen LogP contribution in [0.2, 0.25) is 0 Å². The number of rotatable bonds is 4. The topological polar surface area (TPSA) is 92.9 Å². The van der Waals surface area contributed by atoms with Crippen molar-refractivity contribution in [1.29, 1.82) is 0 Å². The van der Waals surface area contributed by atoms with Crippen molar-refractivity contribution in [2.24, 2.45) is 7.05 Å². The van der Waals surface area contributed by atoms with Gasteiger partial charge in [-0.25, -0.2) is 9.78 Å². The highest BCUT2D eigenvalue weighted by atomic mass is 32.1. The molecule has 0 aliphatic carbocycles. The molecule has 7 nitrogen and oxygen atoms in total. The summed E-state index contributed by atoms with van der Waals surface area (Å²) in [6.07, 6.45) is 2.94. The van der Waals surface area contributed by atoms with Crippen molar-refractivity contribution in [3.8, 4) is 0 Å². The van der Waals surface area contributed by atoms with Gasteiger partial charge in [0, 0.05) is 7.05 Å². The molecule has 0 aliphatic heterocycles. The van der Waals surface area contributed by atoms with Gasteiger partial charge in [0.25, 0.3) is 0 Å². The fraction of sp³-hybridized carbons (Fsp3) is 0.333. The SMILES string of the molecule is CC(Nc1ncc(C(=O)O)s1)c1nncn1C. The van der Waals surface area contributed by atoms with E-state index in [1.807, 2.05) is 14.0 Å². The zero-order chi connectivity index (χ0) is 12.4. The molecule has 90 valence electrons. The van der Waals surface area contributed by atoms with E-state index < -0.39 is 5.97 Å². The van der Waals surface area contributed by atoms with Crippen molar-refractivity contribution in [3.05, 3.63) is 23.2 Å². The second-order valence-corrected chi connectivity index (χ2v) is 4.53. The molecule has 2 aromatic rings. The van der Waals surface area contributed by atoms with Crippen LogP contribution in [0.1, 0.15) is 28.5 Å². The Bertz CT molecular complexity index is 535. The van der Waals surface area contributed by atoms with Crippen LogP contribution in [-0.2, 0) is 7.05 Å². The molecular formula is C9H11N5O2S. The summed E-state index contributed by atoms with van der Waals surface area (Å²) in [6, 6.07) is -0.0877. The third kappa shape index (κ3) is 2.41. The first-order valence-corrected chi connectivity index (χ1v) is 5.69. The third-order valence-electron chi connectivity index (χ3n) is 2.19. The summed E-state index contributed by atoms with van der Waals surface area (Å²) < 4.78 is 1.80. The molecule has 2 aromatic heterocycles. The molecule has 2 rings (SSSR count). The minimum Gasteiger partial charge on any atom is -0.477 e. The average molecular weight is 253 g/mol. The van der Waals surface area contributed by atoms with Crippen LogP contribution in [0, 0.1) is 0 Å². The van der Waals surface area contributed by atoms with Gasteiger partial charge in [0.1, 0.15) is 11.2 Å². The van der Waals surface area contributed by atoms with Crippen LogP contribution in [0.5, 0.6) is 0 Å². The summed E-state index contributed by atoms with van der Waals surface area (Å²) in [5.41, 5.74) is 0. The van der Waals surface area contributed by atoms with Crippen LogP contribution in [0.15, 0.2) is 12.5 Å². The fourth-order valence-electron chi connectivity index (χ4n) is 1.37. The highest BCUT2D eigenvalue weighted by molar-refractivity contribution is 7.17. The van der Waals surface area contributed by atoms with Crippen molar-refractivity contribution in [3.63, 3.8) is 0 Å². The number of hydrogen-bond donors (Lipinski definition) is 2. The monoisotopic (exact) mass is 253 g/mol. The molecule has 2 heterocycles. The van der Waals surface area contributed by atoms with Gasteiger partial charge in [0.15, 0.2) is 11.0 Å². The molecule has 1 atom stereocenters. The molecule has 17 heavy (non-hydrogen) atoms. The number of nitrogens with one attached hydrogen (secondary N) is 1. The number of hydrogen-bond acceptors (Lipinski definition) is 6. The molecule has 0 spiro atoms. The highest BCUT2D eigenvalue weighted by Gasteiger charge is 2.14. The minimum absolute atomic E-state index is 0.0877. The Kier molecular flexibility index (Phi) is 3.05. The van der Waals surface area contributed by atoms with Gasteiger partial charge in [-0.15, -0.1) is 10.2 Å². The quantitative estimate of drug-likeness (QED) is 0.848. The maximum atomic E-state index is 10.7. The molecule has 0 radical (unpaired) electrons. The molecular weight excluding hydrogens is 242 g/mol. The maximum Gasteiger partial charge on any atom is 0.347 e. The lowest BCUT2D eigenvalue weighted by Gasteiger charge is -2.11. The van der Waals surface area contributed by atoms with Gasteiger partial charge in [-0.2, -0.15) is 0 Å². The second kappa shape index (κ2) is 4.50. The average Bonchev–Trinajstić information content (AvgIpc) is 2.86. The van der Waals surface area contributed by atoms with Crippen LogP contribution >= 0.6 is 11.3 Å². The zero-order valence-corrected chi connectivity index (χ0v) is 10.1. The number of nitrogens with zero attached hydrogens (tertiary/aromatic N) is 4. The Hall–Kier alpha value is -1.96. The molecule has 0 amide bonds. The zero-order valence-electron chi connectivity index (χ0n) is 9.28. The van der Waals surface area contributed by atoms with Gasteiger partial charge in [0.05, 0.1) is 12.2 Å². The van der Waals surface area contributed by atoms with Crippen LogP contribution < -0.4 is 5.32 Å². The van der Waals surface area contributed by atoms with E-state index in [1.54, 1.807) is 10.9 Å². The summed E-state index contributed by atoms with van der Waals surface area (Å²) in [5.74, 6) is -0.209. The number of aryl methyl sites for hydroxylation is 1. The predicted molar refractivity (Wildman–Crippen MR) is 62.1 cm³/mol. The first-order chi connectivity index (χ1) is 8.08. The van der Waals surface area contributed by atoms with E-state index in [9.17, 15) is 4.79 Å². The van der Waals surface area contributed by atoms with Crippen LogP contribution in [0.25, 0.3) is 0 Å². The van der Waals surface area contributed by atoms with Crippen molar-refractivity contribution in [2.75, 3.05) is 5.32 Å². The number of carboxylic acid groups (broad SMARTS) is 1. The first kappa shape index (κ1) is 11.5. The van der Waals surface area contributed by atoms with Crippen LogP contribution in [-0.4, -0.2) is 30.8 Å². The molecule has 0 bridgehead atoms. The maximum absolute atomic E-state index is 10.7. The van der Waals surface area contributed by atoms with Crippen molar-refractivity contribution in [2.45, 2.75) is 13.0 Å². The van der Waals surface area contributed by atoms with E-state index in [0.29, 0.717) is 5.13 Å². The Morgan fingerprint density at radius 3 is 2.94 bits per heavy atom. The van der Waals surface area contributed by atoms with E-state index in [1.165, 1.54) is 6.20 Å². The molecule has 8 heteroatoms. The Morgan fingerprint density at radius 1 is 1.65 bits per heavy atom. The normalized spacial score (nSPS) is 12.4. The van der Waals surface area contributed by atoms with Crippen LogP contribution in [0.3, 0.4) is 0 Å². The standard InChI is InChI=1S/C9H11N5O2S/c1-5(7-13-11-4-14(7)2)12-9-10-3-6(17-9)8(15)16/h3-5H,1-2H3,(H,10,12)(H,15,16). The van der Waals surface area contributed by atoms with E-state index in [0.717, 1.165) is 17.2 Å². The minimum atomic E-state index is -0.970. The van der Waals surface area contributed by atoms with Crippen molar-refractivity contribution < 1.29 is 9.90 Å².